The molecule has 0 amide bonds. The van der Waals surface area contributed by atoms with Gasteiger partial charge in [-0.2, -0.15) is 0 Å². The maximum absolute atomic E-state index is 6.35. The first-order valence-corrected chi connectivity index (χ1v) is 6.58. The highest BCUT2D eigenvalue weighted by Crippen LogP contribution is 2.34. The quantitative estimate of drug-likeness (QED) is 0.857. The molecule has 0 radical (unpaired) electrons. The molecule has 0 saturated carbocycles. The standard InChI is InChI=1S/C12H20N2S/c1-8(2)7-12(3,13)11-14-9-5-4-6-10(9)15-11/h8H,4-7,13H2,1-3H3. The molecule has 15 heavy (non-hydrogen) atoms. The van der Waals surface area contributed by atoms with Crippen LogP contribution in [-0.2, 0) is 18.4 Å². The van der Waals surface area contributed by atoms with Gasteiger partial charge in [0.1, 0.15) is 5.01 Å². The minimum absolute atomic E-state index is 0.233. The van der Waals surface area contributed by atoms with Crippen molar-refractivity contribution in [3.63, 3.8) is 0 Å². The molecule has 84 valence electrons. The van der Waals surface area contributed by atoms with Crippen molar-refractivity contribution in [2.75, 3.05) is 0 Å². The Bertz CT molecular complexity index is 331. The molecule has 1 atom stereocenters. The Morgan fingerprint density at radius 2 is 2.20 bits per heavy atom. The summed E-state index contributed by atoms with van der Waals surface area (Å²) in [4.78, 5) is 6.19. The maximum atomic E-state index is 6.35. The minimum atomic E-state index is -0.233. The lowest BCUT2D eigenvalue weighted by Crippen LogP contribution is -2.34. The smallest absolute Gasteiger partial charge is 0.113 e. The lowest BCUT2D eigenvalue weighted by Gasteiger charge is -2.24. The monoisotopic (exact) mass is 224 g/mol. The molecule has 2 nitrogen and oxygen atoms in total. The fourth-order valence-corrected chi connectivity index (χ4v) is 3.59. The molecule has 2 N–H and O–H groups in total. The second kappa shape index (κ2) is 3.87. The number of rotatable bonds is 3. The van der Waals surface area contributed by atoms with Crippen molar-refractivity contribution in [1.82, 2.24) is 4.98 Å². The van der Waals surface area contributed by atoms with Crippen LogP contribution in [0.5, 0.6) is 0 Å². The molecule has 1 aliphatic rings. The highest BCUT2D eigenvalue weighted by Gasteiger charge is 2.28. The van der Waals surface area contributed by atoms with Crippen LogP contribution < -0.4 is 5.73 Å². The Labute approximate surface area is 95.9 Å². The Balaban J connectivity index is 2.21. The van der Waals surface area contributed by atoms with Crippen LogP contribution in [0.2, 0.25) is 0 Å². The van der Waals surface area contributed by atoms with Crippen LogP contribution in [0.1, 0.15) is 49.2 Å². The molecule has 1 unspecified atom stereocenters. The fraction of sp³-hybridized carbons (Fsp3) is 0.750. The fourth-order valence-electron chi connectivity index (χ4n) is 2.37. The number of hydrogen-bond acceptors (Lipinski definition) is 3. The van der Waals surface area contributed by atoms with Crippen molar-refractivity contribution in [2.45, 2.75) is 52.0 Å². The molecule has 0 saturated heterocycles. The molecule has 1 aliphatic carbocycles. The van der Waals surface area contributed by atoms with Crippen LogP contribution >= 0.6 is 11.3 Å². The van der Waals surface area contributed by atoms with Crippen molar-refractivity contribution < 1.29 is 0 Å². The van der Waals surface area contributed by atoms with Gasteiger partial charge in [0.2, 0.25) is 0 Å². The topological polar surface area (TPSA) is 38.9 Å². The normalized spacial score (nSPS) is 19.3. The van der Waals surface area contributed by atoms with E-state index < -0.39 is 0 Å². The van der Waals surface area contributed by atoms with Gasteiger partial charge in [0.15, 0.2) is 0 Å². The highest BCUT2D eigenvalue weighted by molar-refractivity contribution is 7.12. The Kier molecular flexibility index (Phi) is 2.86. The summed E-state index contributed by atoms with van der Waals surface area (Å²) in [6, 6.07) is 0. The lowest BCUT2D eigenvalue weighted by molar-refractivity contribution is 0.378. The van der Waals surface area contributed by atoms with E-state index in [0.717, 1.165) is 17.8 Å². The molecule has 1 aromatic heterocycles. The third kappa shape index (κ3) is 2.23. The van der Waals surface area contributed by atoms with Gasteiger partial charge in [-0.1, -0.05) is 13.8 Å². The summed E-state index contributed by atoms with van der Waals surface area (Å²) < 4.78 is 0. The zero-order valence-corrected chi connectivity index (χ0v) is 10.7. The number of hydrogen-bond donors (Lipinski definition) is 1. The SMILES string of the molecule is CC(C)CC(C)(N)c1nc2c(s1)CCC2. The molecule has 3 heteroatoms. The second-order valence-corrected chi connectivity index (χ2v) is 6.34. The van der Waals surface area contributed by atoms with E-state index in [0.29, 0.717) is 5.92 Å². The molecule has 2 rings (SSSR count). The van der Waals surface area contributed by atoms with Crippen LogP contribution in [-0.4, -0.2) is 4.98 Å². The molecule has 0 aromatic carbocycles. The molecular weight excluding hydrogens is 204 g/mol. The van der Waals surface area contributed by atoms with Crippen molar-refractivity contribution >= 4 is 11.3 Å². The summed E-state index contributed by atoms with van der Waals surface area (Å²) in [7, 11) is 0. The summed E-state index contributed by atoms with van der Waals surface area (Å²) >= 11 is 1.83. The van der Waals surface area contributed by atoms with Gasteiger partial charge in [-0.05, 0) is 38.5 Å². The zero-order valence-electron chi connectivity index (χ0n) is 9.84. The van der Waals surface area contributed by atoms with Crippen molar-refractivity contribution in [1.29, 1.82) is 0 Å². The number of fused-ring (bicyclic) bond motifs is 1. The van der Waals surface area contributed by atoms with E-state index in [1.807, 2.05) is 11.3 Å². The summed E-state index contributed by atoms with van der Waals surface area (Å²) in [6.45, 7) is 6.54. The van der Waals surface area contributed by atoms with Crippen molar-refractivity contribution in [3.05, 3.63) is 15.6 Å². The predicted octanol–water partition coefficient (Wildman–Crippen LogP) is 2.85. The molecule has 0 bridgehead atoms. The van der Waals surface area contributed by atoms with Gasteiger partial charge in [-0.3, -0.25) is 0 Å². The summed E-state index contributed by atoms with van der Waals surface area (Å²) in [5.41, 5.74) is 7.43. The molecule has 1 heterocycles. The van der Waals surface area contributed by atoms with E-state index >= 15 is 0 Å². The first kappa shape index (κ1) is 11.1. The largest absolute Gasteiger partial charge is 0.320 e. The summed E-state index contributed by atoms with van der Waals surface area (Å²) in [6.07, 6.45) is 4.66. The van der Waals surface area contributed by atoms with E-state index in [4.69, 9.17) is 10.7 Å². The highest BCUT2D eigenvalue weighted by atomic mass is 32.1. The van der Waals surface area contributed by atoms with Gasteiger partial charge in [-0.25, -0.2) is 4.98 Å². The molecular formula is C12H20N2S. The number of nitrogens with two attached hydrogens (primary N) is 1. The number of aryl methyl sites for hydroxylation is 2. The van der Waals surface area contributed by atoms with Crippen LogP contribution in [0.25, 0.3) is 0 Å². The van der Waals surface area contributed by atoms with Crippen LogP contribution in [0.4, 0.5) is 0 Å². The average Bonchev–Trinajstić information content (AvgIpc) is 2.56. The van der Waals surface area contributed by atoms with E-state index in [9.17, 15) is 0 Å². The summed E-state index contributed by atoms with van der Waals surface area (Å²) in [5, 5.41) is 1.14. The Morgan fingerprint density at radius 1 is 1.47 bits per heavy atom. The lowest BCUT2D eigenvalue weighted by atomic mass is 9.92. The first-order valence-electron chi connectivity index (χ1n) is 5.77. The van der Waals surface area contributed by atoms with Crippen LogP contribution in [0.15, 0.2) is 0 Å². The average molecular weight is 224 g/mol. The van der Waals surface area contributed by atoms with Crippen LogP contribution in [0.3, 0.4) is 0 Å². The molecule has 0 aliphatic heterocycles. The van der Waals surface area contributed by atoms with Gasteiger partial charge in [0, 0.05) is 4.88 Å². The predicted molar refractivity (Wildman–Crippen MR) is 65.1 cm³/mol. The molecule has 0 spiro atoms. The number of aromatic nitrogens is 1. The third-order valence-corrected chi connectivity index (χ3v) is 4.35. The van der Waals surface area contributed by atoms with E-state index in [2.05, 4.69) is 20.8 Å². The van der Waals surface area contributed by atoms with Gasteiger partial charge >= 0.3 is 0 Å². The second-order valence-electron chi connectivity index (χ2n) is 5.26. The zero-order chi connectivity index (χ0) is 11.1. The van der Waals surface area contributed by atoms with Gasteiger partial charge in [0.05, 0.1) is 11.2 Å². The Morgan fingerprint density at radius 3 is 2.80 bits per heavy atom. The van der Waals surface area contributed by atoms with Gasteiger partial charge in [0.25, 0.3) is 0 Å². The van der Waals surface area contributed by atoms with Crippen molar-refractivity contribution in [2.24, 2.45) is 11.7 Å². The van der Waals surface area contributed by atoms with Gasteiger partial charge in [-0.15, -0.1) is 11.3 Å². The third-order valence-electron chi connectivity index (χ3n) is 2.92. The maximum Gasteiger partial charge on any atom is 0.113 e. The molecule has 0 fully saturated rings. The van der Waals surface area contributed by atoms with Crippen molar-refractivity contribution in [3.8, 4) is 0 Å². The number of nitrogens with zero attached hydrogens (tertiary/aromatic N) is 1. The molecule has 1 aromatic rings. The van der Waals surface area contributed by atoms with E-state index in [-0.39, 0.29) is 5.54 Å². The minimum Gasteiger partial charge on any atom is -0.320 e. The van der Waals surface area contributed by atoms with Gasteiger partial charge < -0.3 is 5.73 Å². The van der Waals surface area contributed by atoms with E-state index in [1.54, 1.807) is 0 Å². The number of thiazole rings is 1. The Hall–Kier alpha value is -0.410. The first-order chi connectivity index (χ1) is 6.99. The van der Waals surface area contributed by atoms with E-state index in [1.165, 1.54) is 23.4 Å². The summed E-state index contributed by atoms with van der Waals surface area (Å²) in [5.74, 6) is 0.624. The van der Waals surface area contributed by atoms with Crippen LogP contribution in [0, 0.1) is 5.92 Å².